The van der Waals surface area contributed by atoms with E-state index in [0.29, 0.717) is 24.8 Å². The van der Waals surface area contributed by atoms with Crippen molar-refractivity contribution in [1.82, 2.24) is 10.6 Å². The zero-order valence-electron chi connectivity index (χ0n) is 12.7. The number of nitrogens with one attached hydrogen (secondary N) is 2. The zero-order valence-corrected chi connectivity index (χ0v) is 13.5. The van der Waals surface area contributed by atoms with Gasteiger partial charge in [-0.15, -0.1) is 0 Å². The van der Waals surface area contributed by atoms with Gasteiger partial charge in [0.25, 0.3) is 0 Å². The fourth-order valence-electron chi connectivity index (χ4n) is 2.89. The van der Waals surface area contributed by atoms with Crippen molar-refractivity contribution >= 4 is 17.5 Å². The molecule has 2 atom stereocenters. The molecule has 1 aromatic carbocycles. The molecule has 21 heavy (non-hydrogen) atoms. The highest BCUT2D eigenvalue weighted by Gasteiger charge is 2.21. The Morgan fingerprint density at radius 3 is 2.86 bits per heavy atom. The summed E-state index contributed by atoms with van der Waals surface area (Å²) < 4.78 is 0. The summed E-state index contributed by atoms with van der Waals surface area (Å²) in [6, 6.07) is 7.78. The Morgan fingerprint density at radius 1 is 1.43 bits per heavy atom. The predicted molar refractivity (Wildman–Crippen MR) is 87.5 cm³/mol. The molecule has 0 aromatic heterocycles. The summed E-state index contributed by atoms with van der Waals surface area (Å²) in [5.41, 5.74) is 1.20. The third-order valence-electron chi connectivity index (χ3n) is 4.30. The van der Waals surface area contributed by atoms with E-state index in [1.54, 1.807) is 0 Å². The molecule has 4 heteroatoms. The van der Waals surface area contributed by atoms with Gasteiger partial charge in [-0.2, -0.15) is 0 Å². The molecule has 2 N–H and O–H groups in total. The molecule has 1 amide bonds. The standard InChI is InChI=1S/C17H25ClN2O/c1-13(15-3-2-9-19-12-15)11-17(21)20-10-8-14-4-6-16(18)7-5-14/h4-7,13,15,19H,2-3,8-12H2,1H3,(H,20,21). The number of piperidine rings is 1. The Labute approximate surface area is 132 Å². The first-order chi connectivity index (χ1) is 10.1. The summed E-state index contributed by atoms with van der Waals surface area (Å²) in [5, 5.41) is 7.19. The molecule has 3 nitrogen and oxygen atoms in total. The lowest BCUT2D eigenvalue weighted by Crippen LogP contribution is -2.36. The third-order valence-corrected chi connectivity index (χ3v) is 4.55. The molecule has 0 spiro atoms. The van der Waals surface area contributed by atoms with Crippen molar-refractivity contribution < 1.29 is 4.79 Å². The van der Waals surface area contributed by atoms with Gasteiger partial charge in [-0.3, -0.25) is 4.79 Å². The normalized spacial score (nSPS) is 20.0. The van der Waals surface area contributed by atoms with Crippen LogP contribution in [-0.2, 0) is 11.2 Å². The quantitative estimate of drug-likeness (QED) is 0.848. The van der Waals surface area contributed by atoms with Crippen LogP contribution >= 0.6 is 11.6 Å². The third kappa shape index (κ3) is 5.68. The van der Waals surface area contributed by atoms with Crippen LogP contribution in [0.3, 0.4) is 0 Å². The average molecular weight is 309 g/mol. The highest BCUT2D eigenvalue weighted by molar-refractivity contribution is 6.30. The van der Waals surface area contributed by atoms with Crippen molar-refractivity contribution in [3.63, 3.8) is 0 Å². The SMILES string of the molecule is CC(CC(=O)NCCc1ccc(Cl)cc1)C1CCCNC1. The van der Waals surface area contributed by atoms with Crippen molar-refractivity contribution in [3.05, 3.63) is 34.9 Å². The van der Waals surface area contributed by atoms with E-state index in [1.165, 1.54) is 18.4 Å². The largest absolute Gasteiger partial charge is 0.356 e. The van der Waals surface area contributed by atoms with Crippen molar-refractivity contribution in [1.29, 1.82) is 0 Å². The molecule has 1 aromatic rings. The van der Waals surface area contributed by atoms with Gasteiger partial charge in [0.1, 0.15) is 0 Å². The number of hydrogen-bond acceptors (Lipinski definition) is 2. The minimum absolute atomic E-state index is 0.169. The lowest BCUT2D eigenvalue weighted by atomic mass is 9.85. The number of halogens is 1. The first-order valence-electron chi connectivity index (χ1n) is 7.87. The zero-order chi connectivity index (χ0) is 15.1. The van der Waals surface area contributed by atoms with E-state index in [2.05, 4.69) is 17.6 Å². The van der Waals surface area contributed by atoms with Crippen LogP contribution in [-0.4, -0.2) is 25.5 Å². The first kappa shape index (κ1) is 16.3. The second-order valence-electron chi connectivity index (χ2n) is 6.01. The molecule has 1 aliphatic heterocycles. The molecule has 1 aliphatic rings. The number of carbonyl (C=O) groups is 1. The van der Waals surface area contributed by atoms with E-state index >= 15 is 0 Å². The molecule has 2 rings (SSSR count). The molecule has 0 radical (unpaired) electrons. The summed E-state index contributed by atoms with van der Waals surface area (Å²) in [5.74, 6) is 1.26. The van der Waals surface area contributed by atoms with Crippen LogP contribution in [0.15, 0.2) is 24.3 Å². The molecule has 1 saturated heterocycles. The number of carbonyl (C=O) groups excluding carboxylic acids is 1. The monoisotopic (exact) mass is 308 g/mol. The van der Waals surface area contributed by atoms with Gasteiger partial charge in [-0.1, -0.05) is 30.7 Å². The molecular formula is C17H25ClN2O. The van der Waals surface area contributed by atoms with Gasteiger partial charge in [0.2, 0.25) is 5.91 Å². The summed E-state index contributed by atoms with van der Waals surface area (Å²) in [6.07, 6.45) is 3.95. The lowest BCUT2D eigenvalue weighted by Gasteiger charge is -2.28. The van der Waals surface area contributed by atoms with Crippen molar-refractivity contribution in [2.75, 3.05) is 19.6 Å². The Morgan fingerprint density at radius 2 is 2.19 bits per heavy atom. The molecule has 1 heterocycles. The van der Waals surface area contributed by atoms with Gasteiger partial charge in [-0.05, 0) is 61.9 Å². The van der Waals surface area contributed by atoms with E-state index in [4.69, 9.17) is 11.6 Å². The molecule has 0 bridgehead atoms. The number of benzene rings is 1. The van der Waals surface area contributed by atoms with Crippen LogP contribution in [0.4, 0.5) is 0 Å². The van der Waals surface area contributed by atoms with Crippen LogP contribution in [0.25, 0.3) is 0 Å². The number of amides is 1. The number of hydrogen-bond donors (Lipinski definition) is 2. The van der Waals surface area contributed by atoms with Gasteiger partial charge in [0.05, 0.1) is 0 Å². The molecule has 2 unspecified atom stereocenters. The summed E-state index contributed by atoms with van der Waals surface area (Å²) in [7, 11) is 0. The second kappa shape index (κ2) is 8.40. The van der Waals surface area contributed by atoms with Gasteiger partial charge in [-0.25, -0.2) is 0 Å². The highest BCUT2D eigenvalue weighted by atomic mass is 35.5. The minimum Gasteiger partial charge on any atom is -0.356 e. The summed E-state index contributed by atoms with van der Waals surface area (Å²) >= 11 is 5.85. The molecule has 0 saturated carbocycles. The average Bonchev–Trinajstić information content (AvgIpc) is 2.50. The van der Waals surface area contributed by atoms with Crippen LogP contribution in [0.1, 0.15) is 31.7 Å². The topological polar surface area (TPSA) is 41.1 Å². The Hall–Kier alpha value is -1.06. The van der Waals surface area contributed by atoms with Gasteiger partial charge >= 0.3 is 0 Å². The predicted octanol–water partition coefficient (Wildman–Crippen LogP) is 3.02. The first-order valence-corrected chi connectivity index (χ1v) is 8.25. The fourth-order valence-corrected chi connectivity index (χ4v) is 3.02. The maximum absolute atomic E-state index is 12.0. The van der Waals surface area contributed by atoms with Crippen molar-refractivity contribution in [2.24, 2.45) is 11.8 Å². The van der Waals surface area contributed by atoms with Gasteiger partial charge in [0, 0.05) is 18.0 Å². The molecular weight excluding hydrogens is 284 g/mol. The van der Waals surface area contributed by atoms with Crippen LogP contribution in [0.2, 0.25) is 5.02 Å². The second-order valence-corrected chi connectivity index (χ2v) is 6.45. The van der Waals surface area contributed by atoms with Crippen molar-refractivity contribution in [2.45, 2.75) is 32.6 Å². The molecule has 0 aliphatic carbocycles. The van der Waals surface area contributed by atoms with Crippen LogP contribution in [0.5, 0.6) is 0 Å². The lowest BCUT2D eigenvalue weighted by molar-refractivity contribution is -0.122. The van der Waals surface area contributed by atoms with Crippen molar-refractivity contribution in [3.8, 4) is 0 Å². The number of rotatable bonds is 6. The van der Waals surface area contributed by atoms with E-state index in [1.807, 2.05) is 24.3 Å². The Balaban J connectivity index is 1.65. The fraction of sp³-hybridized carbons (Fsp3) is 0.588. The smallest absolute Gasteiger partial charge is 0.220 e. The van der Waals surface area contributed by atoms with E-state index in [9.17, 15) is 4.79 Å². The maximum atomic E-state index is 12.0. The maximum Gasteiger partial charge on any atom is 0.220 e. The highest BCUT2D eigenvalue weighted by Crippen LogP contribution is 2.22. The Bertz CT molecular complexity index is 441. The van der Waals surface area contributed by atoms with Gasteiger partial charge < -0.3 is 10.6 Å². The van der Waals surface area contributed by atoms with Crippen LogP contribution < -0.4 is 10.6 Å². The van der Waals surface area contributed by atoms with E-state index < -0.39 is 0 Å². The molecule has 1 fully saturated rings. The van der Waals surface area contributed by atoms with E-state index in [-0.39, 0.29) is 5.91 Å². The Kier molecular flexibility index (Phi) is 6.52. The summed E-state index contributed by atoms with van der Waals surface area (Å²) in [6.45, 7) is 5.06. The minimum atomic E-state index is 0.169. The van der Waals surface area contributed by atoms with Gasteiger partial charge in [0.15, 0.2) is 0 Å². The van der Waals surface area contributed by atoms with E-state index in [0.717, 1.165) is 24.5 Å². The van der Waals surface area contributed by atoms with Crippen LogP contribution in [0, 0.1) is 11.8 Å². The molecule has 116 valence electrons. The summed E-state index contributed by atoms with van der Waals surface area (Å²) in [4.78, 5) is 12.0.